The summed E-state index contributed by atoms with van der Waals surface area (Å²) in [6.45, 7) is 1.91. The average molecular weight is 533 g/mol. The second-order valence-electron chi connectivity index (χ2n) is 9.10. The van der Waals surface area contributed by atoms with Crippen molar-refractivity contribution in [3.63, 3.8) is 0 Å². The molecule has 1 aromatic carbocycles. The molecule has 2 aromatic rings. The Bertz CT molecular complexity index is 1180. The number of nitrogens with zero attached hydrogens (tertiary/aromatic N) is 2. The second kappa shape index (κ2) is 9.92. The molecule has 2 saturated heterocycles. The van der Waals surface area contributed by atoms with Crippen molar-refractivity contribution in [3.05, 3.63) is 64.7 Å². The van der Waals surface area contributed by atoms with Crippen LogP contribution in [-0.2, 0) is 21.9 Å². The molecule has 3 atom stereocenters. The van der Waals surface area contributed by atoms with Gasteiger partial charge in [-0.3, -0.25) is 14.6 Å². The lowest BCUT2D eigenvalue weighted by Gasteiger charge is -2.36. The summed E-state index contributed by atoms with van der Waals surface area (Å²) in [5.74, 6) is -3.08. The SMILES string of the molecule is C[C@@H]1CC[C@H](C(=O)N[C@@H](c2ccc(C(F)(F)F)cc2F)C2COC2)N1C(=O)c1ccnc(C(F)(F)F)c1. The molecule has 2 amide bonds. The Morgan fingerprint density at radius 2 is 1.76 bits per heavy atom. The van der Waals surface area contributed by atoms with E-state index < -0.39 is 65.3 Å². The fourth-order valence-electron chi connectivity index (χ4n) is 4.55. The summed E-state index contributed by atoms with van der Waals surface area (Å²) in [7, 11) is 0. The van der Waals surface area contributed by atoms with Gasteiger partial charge in [0.2, 0.25) is 5.91 Å². The summed E-state index contributed by atoms with van der Waals surface area (Å²) in [4.78, 5) is 30.9. The minimum absolute atomic E-state index is 0.131. The van der Waals surface area contributed by atoms with Crippen molar-refractivity contribution in [1.29, 1.82) is 0 Å². The van der Waals surface area contributed by atoms with Gasteiger partial charge in [0, 0.05) is 29.3 Å². The molecule has 2 aliphatic heterocycles. The molecule has 0 bridgehead atoms. The molecule has 2 fully saturated rings. The number of aromatic nitrogens is 1. The zero-order valence-electron chi connectivity index (χ0n) is 19.4. The Morgan fingerprint density at radius 1 is 1.05 bits per heavy atom. The van der Waals surface area contributed by atoms with Gasteiger partial charge in [-0.25, -0.2) is 4.39 Å². The first kappa shape index (κ1) is 26.8. The smallest absolute Gasteiger partial charge is 0.381 e. The highest BCUT2D eigenvalue weighted by molar-refractivity contribution is 5.98. The highest BCUT2D eigenvalue weighted by Crippen LogP contribution is 2.36. The molecule has 0 unspecified atom stereocenters. The Kier molecular flexibility index (Phi) is 7.19. The van der Waals surface area contributed by atoms with Crippen LogP contribution in [0.1, 0.15) is 53.0 Å². The number of carbonyl (C=O) groups excluding carboxylic acids is 2. The highest BCUT2D eigenvalue weighted by atomic mass is 19.4. The molecule has 1 aromatic heterocycles. The van der Waals surface area contributed by atoms with Crippen LogP contribution in [0.4, 0.5) is 30.7 Å². The summed E-state index contributed by atoms with van der Waals surface area (Å²) < 4.78 is 98.0. The van der Waals surface area contributed by atoms with Crippen LogP contribution in [0.5, 0.6) is 0 Å². The number of benzene rings is 1. The van der Waals surface area contributed by atoms with Crippen molar-refractivity contribution < 1.29 is 45.1 Å². The molecule has 6 nitrogen and oxygen atoms in total. The minimum atomic E-state index is -4.77. The molecular weight excluding hydrogens is 511 g/mol. The standard InChI is InChI=1S/C24H22F7N3O3/c1-12-2-5-18(34(12)22(36)13-6-7-32-19(8-13)24(29,30)31)21(35)33-20(14-10-37-11-14)16-4-3-15(9-17(16)25)23(26,27)28/h3-4,6-9,12,14,18,20H,2,5,10-11H2,1H3,(H,33,35)/t12-,18-,20-/m1/s1. The number of pyridine rings is 1. The number of rotatable bonds is 5. The molecular formula is C24H22F7N3O3. The molecule has 13 heteroatoms. The maximum atomic E-state index is 14.7. The molecule has 0 aliphatic carbocycles. The number of amides is 2. The first-order chi connectivity index (χ1) is 17.3. The summed E-state index contributed by atoms with van der Waals surface area (Å²) in [5.41, 5.74) is -2.90. The van der Waals surface area contributed by atoms with Crippen LogP contribution in [0.2, 0.25) is 0 Å². The first-order valence-corrected chi connectivity index (χ1v) is 11.4. The van der Waals surface area contributed by atoms with Gasteiger partial charge in [0.25, 0.3) is 5.91 Å². The van der Waals surface area contributed by atoms with Gasteiger partial charge < -0.3 is 15.0 Å². The van der Waals surface area contributed by atoms with Crippen molar-refractivity contribution >= 4 is 11.8 Å². The van der Waals surface area contributed by atoms with Gasteiger partial charge >= 0.3 is 12.4 Å². The summed E-state index contributed by atoms with van der Waals surface area (Å²) in [6, 6.07) is 1.14. The van der Waals surface area contributed by atoms with Crippen LogP contribution in [0.25, 0.3) is 0 Å². The number of hydrogen-bond donors (Lipinski definition) is 1. The van der Waals surface area contributed by atoms with E-state index >= 15 is 0 Å². The van der Waals surface area contributed by atoms with Crippen LogP contribution >= 0.6 is 0 Å². The normalized spacial score (nSPS) is 21.5. The third-order valence-electron chi connectivity index (χ3n) is 6.60. The highest BCUT2D eigenvalue weighted by Gasteiger charge is 2.42. The van der Waals surface area contributed by atoms with Gasteiger partial charge in [-0.05, 0) is 44.0 Å². The van der Waals surface area contributed by atoms with Crippen molar-refractivity contribution in [3.8, 4) is 0 Å². The Balaban J connectivity index is 1.58. The fraction of sp³-hybridized carbons (Fsp3) is 0.458. The van der Waals surface area contributed by atoms with Crippen LogP contribution in [0.15, 0.2) is 36.5 Å². The zero-order chi connectivity index (χ0) is 27.1. The number of nitrogens with one attached hydrogen (secondary N) is 1. The van der Waals surface area contributed by atoms with Crippen molar-refractivity contribution in [2.24, 2.45) is 5.92 Å². The molecule has 0 saturated carbocycles. The van der Waals surface area contributed by atoms with Crippen molar-refractivity contribution in [2.45, 2.75) is 50.2 Å². The topological polar surface area (TPSA) is 71.5 Å². The molecule has 37 heavy (non-hydrogen) atoms. The number of ether oxygens (including phenoxy) is 1. The predicted molar refractivity (Wildman–Crippen MR) is 114 cm³/mol. The monoisotopic (exact) mass is 533 g/mol. The summed E-state index contributed by atoms with van der Waals surface area (Å²) in [6.07, 6.45) is -8.09. The van der Waals surface area contributed by atoms with E-state index in [1.54, 1.807) is 6.92 Å². The van der Waals surface area contributed by atoms with Crippen molar-refractivity contribution in [2.75, 3.05) is 13.2 Å². The lowest BCUT2D eigenvalue weighted by molar-refractivity contribution is -0.141. The van der Waals surface area contributed by atoms with Gasteiger partial charge in [-0.2, -0.15) is 26.3 Å². The quantitative estimate of drug-likeness (QED) is 0.563. The largest absolute Gasteiger partial charge is 0.433 e. The molecule has 1 N–H and O–H groups in total. The molecule has 0 spiro atoms. The Morgan fingerprint density at radius 3 is 2.32 bits per heavy atom. The average Bonchev–Trinajstić information content (AvgIpc) is 3.17. The fourth-order valence-corrected chi connectivity index (χ4v) is 4.55. The van der Waals surface area contributed by atoms with E-state index in [1.165, 1.54) is 4.90 Å². The van der Waals surface area contributed by atoms with Gasteiger partial charge in [0.05, 0.1) is 24.8 Å². The molecule has 3 heterocycles. The third kappa shape index (κ3) is 5.55. The van der Waals surface area contributed by atoms with E-state index in [9.17, 15) is 40.3 Å². The van der Waals surface area contributed by atoms with E-state index in [0.717, 1.165) is 18.3 Å². The van der Waals surface area contributed by atoms with E-state index in [-0.39, 0.29) is 30.8 Å². The second-order valence-corrected chi connectivity index (χ2v) is 9.10. The van der Waals surface area contributed by atoms with Crippen LogP contribution in [0.3, 0.4) is 0 Å². The molecule has 4 rings (SSSR count). The number of likely N-dealkylation sites (tertiary alicyclic amines) is 1. The Hall–Kier alpha value is -3.22. The number of halogens is 7. The maximum absolute atomic E-state index is 14.7. The third-order valence-corrected chi connectivity index (χ3v) is 6.60. The minimum Gasteiger partial charge on any atom is -0.381 e. The predicted octanol–water partition coefficient (Wildman–Crippen LogP) is 4.76. The van der Waals surface area contributed by atoms with Crippen LogP contribution in [-0.4, -0.2) is 47.0 Å². The summed E-state index contributed by atoms with van der Waals surface area (Å²) >= 11 is 0. The first-order valence-electron chi connectivity index (χ1n) is 11.4. The maximum Gasteiger partial charge on any atom is 0.433 e. The lowest BCUT2D eigenvalue weighted by Crippen LogP contribution is -2.51. The van der Waals surface area contributed by atoms with Gasteiger partial charge in [0.1, 0.15) is 17.6 Å². The number of alkyl halides is 6. The molecule has 200 valence electrons. The van der Waals surface area contributed by atoms with E-state index in [4.69, 9.17) is 4.74 Å². The zero-order valence-corrected chi connectivity index (χ0v) is 19.4. The van der Waals surface area contributed by atoms with E-state index in [2.05, 4.69) is 10.3 Å². The van der Waals surface area contributed by atoms with Gasteiger partial charge in [-0.1, -0.05) is 6.07 Å². The van der Waals surface area contributed by atoms with Crippen molar-refractivity contribution in [1.82, 2.24) is 15.2 Å². The van der Waals surface area contributed by atoms with Crippen LogP contribution < -0.4 is 5.32 Å². The molecule has 0 radical (unpaired) electrons. The van der Waals surface area contributed by atoms with Crippen LogP contribution in [0, 0.1) is 11.7 Å². The van der Waals surface area contributed by atoms with E-state index in [0.29, 0.717) is 24.6 Å². The lowest BCUT2D eigenvalue weighted by atomic mass is 9.90. The summed E-state index contributed by atoms with van der Waals surface area (Å²) in [5, 5.41) is 2.64. The van der Waals surface area contributed by atoms with Gasteiger partial charge in [0.15, 0.2) is 0 Å². The van der Waals surface area contributed by atoms with E-state index in [1.807, 2.05) is 0 Å². The molecule has 2 aliphatic rings. The number of carbonyl (C=O) groups is 2. The number of hydrogen-bond acceptors (Lipinski definition) is 4. The van der Waals surface area contributed by atoms with Gasteiger partial charge in [-0.15, -0.1) is 0 Å². The Labute approximate surface area is 206 Å².